The molecule has 1 aromatic carbocycles. The predicted octanol–water partition coefficient (Wildman–Crippen LogP) is 3.14. The van der Waals surface area contributed by atoms with Crippen molar-refractivity contribution in [3.05, 3.63) is 50.4 Å². The van der Waals surface area contributed by atoms with E-state index in [4.69, 9.17) is 5.73 Å². The third-order valence-electron chi connectivity index (χ3n) is 2.61. The first-order valence-corrected chi connectivity index (χ1v) is 7.52. The molecule has 104 valence electrons. The van der Waals surface area contributed by atoms with Crippen molar-refractivity contribution in [2.75, 3.05) is 4.90 Å². The van der Waals surface area contributed by atoms with E-state index in [0.717, 1.165) is 13.3 Å². The fraction of sp³-hybridized carbons (Fsp3) is 0.0769. The van der Waals surface area contributed by atoms with Crippen LogP contribution >= 0.6 is 33.9 Å². The molecular weight excluding hydrogens is 391 g/mol. The number of rotatable bonds is 4. The van der Waals surface area contributed by atoms with Crippen LogP contribution in [0.4, 0.5) is 9.80 Å². The Morgan fingerprint density at radius 2 is 1.95 bits per heavy atom. The molecule has 2 amide bonds. The number of nitrogens with two attached hydrogens (primary N) is 1. The number of halogens is 1. The second-order valence-electron chi connectivity index (χ2n) is 3.99. The molecule has 0 aliphatic rings. The molecule has 0 unspecified atom stereocenters. The van der Waals surface area contributed by atoms with Crippen LogP contribution in [0.2, 0.25) is 0 Å². The van der Waals surface area contributed by atoms with Gasteiger partial charge in [-0.05, 0) is 34.2 Å². The van der Waals surface area contributed by atoms with Crippen molar-refractivity contribution in [2.24, 2.45) is 5.73 Å². The summed E-state index contributed by atoms with van der Waals surface area (Å²) in [5.74, 6) is -0.626. The van der Waals surface area contributed by atoms with Crippen LogP contribution in [0.1, 0.15) is 15.9 Å². The van der Waals surface area contributed by atoms with Crippen molar-refractivity contribution < 1.29 is 14.7 Å². The van der Waals surface area contributed by atoms with Crippen LogP contribution < -0.4 is 10.6 Å². The Labute approximate surface area is 133 Å². The van der Waals surface area contributed by atoms with Gasteiger partial charge in [-0.15, -0.1) is 11.3 Å². The second kappa shape index (κ2) is 6.23. The normalized spacial score (nSPS) is 10.2. The number of hydrogen-bond acceptors (Lipinski definition) is 3. The highest BCUT2D eigenvalue weighted by Gasteiger charge is 2.23. The average Bonchev–Trinajstić information content (AvgIpc) is 2.79. The molecule has 1 heterocycles. The average molecular weight is 402 g/mol. The summed E-state index contributed by atoms with van der Waals surface area (Å²) in [7, 11) is 0. The van der Waals surface area contributed by atoms with Gasteiger partial charge in [0, 0.05) is 0 Å². The summed E-state index contributed by atoms with van der Waals surface area (Å²) in [6.45, 7) is 0.174. The van der Waals surface area contributed by atoms with Gasteiger partial charge in [0.1, 0.15) is 5.00 Å². The molecule has 0 bridgehead atoms. The van der Waals surface area contributed by atoms with Crippen molar-refractivity contribution in [1.29, 1.82) is 0 Å². The Hall–Kier alpha value is -1.61. The van der Waals surface area contributed by atoms with Gasteiger partial charge < -0.3 is 10.8 Å². The van der Waals surface area contributed by atoms with Gasteiger partial charge in [-0.25, -0.2) is 4.79 Å². The molecule has 0 saturated heterocycles. The smallest absolute Gasteiger partial charge is 0.412 e. The third-order valence-corrected chi connectivity index (χ3v) is 4.53. The quantitative estimate of drug-likeness (QED) is 0.771. The minimum absolute atomic E-state index is 0.174. The van der Waals surface area contributed by atoms with Crippen LogP contribution in [0.3, 0.4) is 0 Å². The summed E-state index contributed by atoms with van der Waals surface area (Å²) >= 11 is 3.27. The highest BCUT2D eigenvalue weighted by Crippen LogP contribution is 2.33. The molecule has 0 aliphatic carbocycles. The maximum atomic E-state index is 11.5. The Morgan fingerprint density at radius 1 is 1.30 bits per heavy atom. The highest BCUT2D eigenvalue weighted by atomic mass is 127. The number of carbonyl (C=O) groups is 2. The van der Waals surface area contributed by atoms with Gasteiger partial charge in [-0.1, -0.05) is 30.3 Å². The lowest BCUT2D eigenvalue weighted by atomic mass is 10.2. The molecule has 0 radical (unpaired) electrons. The second-order valence-corrected chi connectivity index (χ2v) is 6.91. The van der Waals surface area contributed by atoms with Gasteiger partial charge in [0.25, 0.3) is 5.91 Å². The molecule has 0 saturated carbocycles. The van der Waals surface area contributed by atoms with Crippen molar-refractivity contribution >= 4 is 50.9 Å². The van der Waals surface area contributed by atoms with Crippen LogP contribution in [0.15, 0.2) is 36.4 Å². The van der Waals surface area contributed by atoms with Crippen LogP contribution in [0.25, 0.3) is 0 Å². The molecule has 0 atom stereocenters. The van der Waals surface area contributed by atoms with Gasteiger partial charge in [0.15, 0.2) is 0 Å². The molecule has 0 fully saturated rings. The molecule has 1 aromatic heterocycles. The summed E-state index contributed by atoms with van der Waals surface area (Å²) < 4.78 is 0.811. The number of hydrogen-bond donors (Lipinski definition) is 2. The number of thiophene rings is 1. The van der Waals surface area contributed by atoms with E-state index in [-0.39, 0.29) is 12.1 Å². The summed E-state index contributed by atoms with van der Waals surface area (Å²) in [4.78, 5) is 24.0. The van der Waals surface area contributed by atoms with Crippen LogP contribution in [0, 0.1) is 2.88 Å². The zero-order chi connectivity index (χ0) is 14.7. The highest BCUT2D eigenvalue weighted by molar-refractivity contribution is 14.1. The first-order chi connectivity index (χ1) is 9.49. The lowest BCUT2D eigenvalue weighted by molar-refractivity contribution is 0.100. The van der Waals surface area contributed by atoms with Crippen LogP contribution in [-0.4, -0.2) is 17.1 Å². The van der Waals surface area contributed by atoms with Crippen molar-refractivity contribution in [1.82, 2.24) is 0 Å². The van der Waals surface area contributed by atoms with Crippen LogP contribution in [-0.2, 0) is 6.54 Å². The Bertz CT molecular complexity index is 642. The van der Waals surface area contributed by atoms with Gasteiger partial charge in [-0.3, -0.25) is 9.69 Å². The maximum Gasteiger partial charge on any atom is 0.412 e. The standard InChI is InChI=1S/C13H11IN2O3S/c14-10-6-9(11(15)17)12(20-10)16(13(18)19)7-8-4-2-1-3-5-8/h1-6H,7H2,(H2,15,17)(H,18,19). The van der Waals surface area contributed by atoms with Crippen molar-refractivity contribution in [3.63, 3.8) is 0 Å². The van der Waals surface area contributed by atoms with Gasteiger partial charge in [-0.2, -0.15) is 0 Å². The van der Waals surface area contributed by atoms with E-state index in [9.17, 15) is 14.7 Å². The topological polar surface area (TPSA) is 83.6 Å². The summed E-state index contributed by atoms with van der Waals surface area (Å²) in [6, 6.07) is 10.8. The molecule has 2 rings (SSSR count). The molecule has 2 aromatic rings. The number of carbonyl (C=O) groups excluding carboxylic acids is 1. The van der Waals surface area contributed by atoms with E-state index in [0.29, 0.717) is 5.00 Å². The zero-order valence-electron chi connectivity index (χ0n) is 10.2. The monoisotopic (exact) mass is 402 g/mol. The van der Waals surface area contributed by atoms with Crippen molar-refractivity contribution in [2.45, 2.75) is 6.54 Å². The number of amides is 2. The lowest BCUT2D eigenvalue weighted by Crippen LogP contribution is -2.29. The van der Waals surface area contributed by atoms with E-state index < -0.39 is 12.0 Å². The molecule has 3 N–H and O–H groups in total. The number of primary amides is 1. The van der Waals surface area contributed by atoms with E-state index in [1.165, 1.54) is 11.3 Å². The molecule has 7 heteroatoms. The van der Waals surface area contributed by atoms with E-state index in [2.05, 4.69) is 0 Å². The fourth-order valence-corrected chi connectivity index (χ4v) is 3.54. The molecule has 0 aliphatic heterocycles. The lowest BCUT2D eigenvalue weighted by Gasteiger charge is -2.18. The zero-order valence-corrected chi connectivity index (χ0v) is 13.2. The Morgan fingerprint density at radius 3 is 2.50 bits per heavy atom. The Kier molecular flexibility index (Phi) is 4.61. The summed E-state index contributed by atoms with van der Waals surface area (Å²) in [6.07, 6.45) is -1.12. The summed E-state index contributed by atoms with van der Waals surface area (Å²) in [5, 5.41) is 9.74. The minimum Gasteiger partial charge on any atom is -0.465 e. The first-order valence-electron chi connectivity index (χ1n) is 5.62. The largest absolute Gasteiger partial charge is 0.465 e. The van der Waals surface area contributed by atoms with E-state index in [1.54, 1.807) is 6.07 Å². The van der Waals surface area contributed by atoms with E-state index in [1.807, 2.05) is 52.9 Å². The number of nitrogens with zero attached hydrogens (tertiary/aromatic N) is 1. The molecule has 20 heavy (non-hydrogen) atoms. The van der Waals surface area contributed by atoms with E-state index >= 15 is 0 Å². The van der Waals surface area contributed by atoms with Gasteiger partial charge in [0.2, 0.25) is 0 Å². The molecule has 5 nitrogen and oxygen atoms in total. The third kappa shape index (κ3) is 3.28. The molecular formula is C13H11IN2O3S. The van der Waals surface area contributed by atoms with Gasteiger partial charge >= 0.3 is 6.09 Å². The maximum absolute atomic E-state index is 11.5. The van der Waals surface area contributed by atoms with Crippen LogP contribution in [0.5, 0.6) is 0 Å². The fourth-order valence-electron chi connectivity index (χ4n) is 1.72. The number of anilines is 1. The SMILES string of the molecule is NC(=O)c1cc(I)sc1N(Cc1ccccc1)C(=O)O. The first kappa shape index (κ1) is 14.8. The molecule has 0 spiro atoms. The predicted molar refractivity (Wildman–Crippen MR) is 86.2 cm³/mol. The number of carboxylic acid groups (broad SMARTS) is 1. The number of benzene rings is 1. The van der Waals surface area contributed by atoms with Gasteiger partial charge in [0.05, 0.1) is 15.0 Å². The minimum atomic E-state index is -1.12. The Balaban J connectivity index is 2.39. The summed E-state index contributed by atoms with van der Waals surface area (Å²) in [5.41, 5.74) is 6.38. The van der Waals surface area contributed by atoms with Crippen molar-refractivity contribution in [3.8, 4) is 0 Å².